The Morgan fingerprint density at radius 1 is 0.694 bits per heavy atom. The van der Waals surface area contributed by atoms with E-state index in [1.165, 1.54) is 5.56 Å². The van der Waals surface area contributed by atoms with Crippen LogP contribution in [0.4, 0.5) is 5.69 Å². The van der Waals surface area contributed by atoms with Gasteiger partial charge in [-0.2, -0.15) is 0 Å². The summed E-state index contributed by atoms with van der Waals surface area (Å²) in [7, 11) is 0. The molecule has 5 aromatic carbocycles. The first-order valence-corrected chi connectivity index (χ1v) is 16.4. The Morgan fingerprint density at radius 3 is 2.20 bits per heavy atom. The maximum absolute atomic E-state index is 7.57. The number of pyridine rings is 1. The molecule has 0 N–H and O–H groups in total. The van der Waals surface area contributed by atoms with E-state index in [0.717, 1.165) is 72.3 Å². The number of aryl methyl sites for hydroxylation is 2. The quantitative estimate of drug-likeness (QED) is 0.176. The second kappa shape index (κ2) is 11.5. The van der Waals surface area contributed by atoms with E-state index in [0.29, 0.717) is 11.4 Å². The second-order valence-electron chi connectivity index (χ2n) is 13.7. The molecule has 0 unspecified atom stereocenters. The van der Waals surface area contributed by atoms with Crippen molar-refractivity contribution in [2.75, 3.05) is 0 Å². The molecular weight excluding hydrogens is 603 g/mol. The molecule has 0 amide bonds. The van der Waals surface area contributed by atoms with E-state index in [2.05, 4.69) is 126 Å². The first kappa shape index (κ1) is 30.2. The fourth-order valence-corrected chi connectivity index (χ4v) is 6.96. The summed E-state index contributed by atoms with van der Waals surface area (Å²) >= 11 is 0. The summed E-state index contributed by atoms with van der Waals surface area (Å²) < 4.78 is 11.1. The lowest BCUT2D eigenvalue weighted by molar-refractivity contribution is 0.483. The Kier molecular flexibility index (Phi) is 7.08. The van der Waals surface area contributed by atoms with Crippen molar-refractivity contribution in [2.24, 2.45) is 0 Å². The number of imidazole rings is 1. The van der Waals surface area contributed by atoms with Gasteiger partial charge >= 0.3 is 0 Å². The molecule has 6 heteroatoms. The van der Waals surface area contributed by atoms with Crippen molar-refractivity contribution in [3.8, 4) is 34.1 Å². The van der Waals surface area contributed by atoms with Gasteiger partial charge < -0.3 is 4.74 Å². The Bertz CT molecular complexity index is 2590. The topological polar surface area (TPSA) is 49.2 Å². The van der Waals surface area contributed by atoms with Crippen molar-refractivity contribution in [2.45, 2.75) is 40.0 Å². The van der Waals surface area contributed by atoms with Crippen LogP contribution in [-0.2, 0) is 5.41 Å². The predicted octanol–water partition coefficient (Wildman–Crippen LogP) is 11.4. The lowest BCUT2D eigenvalue weighted by Gasteiger charge is -2.20. The molecule has 49 heavy (non-hydrogen) atoms. The Morgan fingerprint density at radius 2 is 1.43 bits per heavy atom. The number of nitrogens with zero attached hydrogens (tertiary/aromatic N) is 5. The molecule has 3 heterocycles. The maximum atomic E-state index is 7.57. The van der Waals surface area contributed by atoms with E-state index in [1.54, 1.807) is 0 Å². The number of ether oxygens (including phenoxy) is 1. The molecule has 0 aliphatic rings. The number of para-hydroxylation sites is 3. The summed E-state index contributed by atoms with van der Waals surface area (Å²) in [6, 6.07) is 37.4. The molecule has 3 aromatic heterocycles. The summed E-state index contributed by atoms with van der Waals surface area (Å²) in [5, 5.41) is 2.30. The Labute approximate surface area is 285 Å². The molecule has 8 rings (SSSR count). The van der Waals surface area contributed by atoms with Gasteiger partial charge in [-0.15, -0.1) is 0 Å². The van der Waals surface area contributed by atoms with E-state index < -0.39 is 0 Å². The van der Waals surface area contributed by atoms with Gasteiger partial charge in [0.05, 0.1) is 34.3 Å². The van der Waals surface area contributed by atoms with Gasteiger partial charge in [-0.1, -0.05) is 74.4 Å². The highest BCUT2D eigenvalue weighted by atomic mass is 16.5. The minimum Gasteiger partial charge on any atom is -0.457 e. The van der Waals surface area contributed by atoms with E-state index in [1.807, 2.05) is 48.9 Å². The summed E-state index contributed by atoms with van der Waals surface area (Å²) in [5.74, 6) is 2.30. The largest absolute Gasteiger partial charge is 0.457 e. The summed E-state index contributed by atoms with van der Waals surface area (Å²) in [5.41, 5.74) is 11.0. The van der Waals surface area contributed by atoms with Gasteiger partial charge in [0, 0.05) is 29.1 Å². The van der Waals surface area contributed by atoms with Gasteiger partial charge in [-0.3, -0.25) is 9.13 Å². The minimum absolute atomic E-state index is 0.0129. The summed E-state index contributed by atoms with van der Waals surface area (Å²) in [4.78, 5) is 13.2. The molecule has 0 aliphatic heterocycles. The van der Waals surface area contributed by atoms with E-state index in [-0.39, 0.29) is 5.41 Å². The van der Waals surface area contributed by atoms with Crippen LogP contribution in [0.3, 0.4) is 0 Å². The van der Waals surface area contributed by atoms with Crippen molar-refractivity contribution in [3.63, 3.8) is 0 Å². The third-order valence-corrected chi connectivity index (χ3v) is 9.28. The molecule has 8 aromatic rings. The summed E-state index contributed by atoms with van der Waals surface area (Å²) in [6.45, 7) is 18.4. The lowest BCUT2D eigenvalue weighted by atomic mass is 9.88. The van der Waals surface area contributed by atoms with Crippen LogP contribution in [0.2, 0.25) is 0 Å². The number of hydrogen-bond acceptors (Lipinski definition) is 3. The first-order valence-electron chi connectivity index (χ1n) is 16.4. The van der Waals surface area contributed by atoms with E-state index in [9.17, 15) is 0 Å². The molecule has 0 saturated heterocycles. The highest BCUT2D eigenvalue weighted by Gasteiger charge is 2.19. The molecule has 0 atom stereocenters. The van der Waals surface area contributed by atoms with Gasteiger partial charge in [-0.05, 0) is 90.6 Å². The summed E-state index contributed by atoms with van der Waals surface area (Å²) in [6.07, 6.45) is 3.76. The molecule has 6 nitrogen and oxygen atoms in total. The average molecular weight is 638 g/mol. The Balaban J connectivity index is 1.30. The molecular formula is C43H35N5O. The fourth-order valence-electron chi connectivity index (χ4n) is 6.96. The smallest absolute Gasteiger partial charge is 0.187 e. The lowest BCUT2D eigenvalue weighted by Crippen LogP contribution is -2.12. The third-order valence-electron chi connectivity index (χ3n) is 9.28. The number of rotatable bonds is 5. The fraction of sp³-hybridized carbons (Fsp3) is 0.140. The van der Waals surface area contributed by atoms with Crippen LogP contribution >= 0.6 is 0 Å². The van der Waals surface area contributed by atoms with Crippen LogP contribution < -0.4 is 4.74 Å². The zero-order valence-corrected chi connectivity index (χ0v) is 28.2. The van der Waals surface area contributed by atoms with Crippen LogP contribution in [0.25, 0.3) is 60.3 Å². The van der Waals surface area contributed by atoms with Crippen LogP contribution in [0.5, 0.6) is 11.5 Å². The SMILES string of the molecule is [C-]#[N+]c1cc(C)c(-c2cc(Oc3ccc4c5ccccc5n(-c5cc(C(C)(C)C)ccn5)c4c3)cc(-n3cnc4ccccc43)c2)c(C)c1. The van der Waals surface area contributed by atoms with Gasteiger partial charge in [0.25, 0.3) is 0 Å². The number of aromatic nitrogens is 4. The van der Waals surface area contributed by atoms with Crippen LogP contribution in [0.1, 0.15) is 37.5 Å². The van der Waals surface area contributed by atoms with Crippen molar-refractivity contribution in [1.82, 2.24) is 19.1 Å². The molecule has 0 radical (unpaired) electrons. The van der Waals surface area contributed by atoms with Gasteiger partial charge in [-0.25, -0.2) is 14.8 Å². The zero-order chi connectivity index (χ0) is 33.9. The van der Waals surface area contributed by atoms with Crippen molar-refractivity contribution >= 4 is 38.5 Å². The monoisotopic (exact) mass is 637 g/mol. The molecule has 0 saturated carbocycles. The predicted molar refractivity (Wildman–Crippen MR) is 200 cm³/mol. The van der Waals surface area contributed by atoms with Crippen LogP contribution in [0.15, 0.2) is 122 Å². The van der Waals surface area contributed by atoms with Crippen LogP contribution in [-0.4, -0.2) is 19.1 Å². The number of benzene rings is 5. The van der Waals surface area contributed by atoms with Crippen molar-refractivity contribution < 1.29 is 4.74 Å². The van der Waals surface area contributed by atoms with E-state index in [4.69, 9.17) is 16.3 Å². The molecule has 238 valence electrons. The third kappa shape index (κ3) is 5.30. The van der Waals surface area contributed by atoms with Crippen molar-refractivity contribution in [1.29, 1.82) is 0 Å². The Hall–Kier alpha value is -6.19. The second-order valence-corrected chi connectivity index (χ2v) is 13.7. The zero-order valence-electron chi connectivity index (χ0n) is 28.2. The van der Waals surface area contributed by atoms with Gasteiger partial charge in [0.2, 0.25) is 0 Å². The first-order chi connectivity index (χ1) is 23.7. The molecule has 0 spiro atoms. The number of fused-ring (bicyclic) bond motifs is 4. The highest BCUT2D eigenvalue weighted by Crippen LogP contribution is 2.39. The van der Waals surface area contributed by atoms with Gasteiger partial charge in [0.15, 0.2) is 5.69 Å². The van der Waals surface area contributed by atoms with Crippen molar-refractivity contribution in [3.05, 3.63) is 150 Å². The molecule has 0 aliphatic carbocycles. The normalized spacial score (nSPS) is 11.8. The minimum atomic E-state index is -0.0129. The highest BCUT2D eigenvalue weighted by molar-refractivity contribution is 6.09. The molecule has 0 fully saturated rings. The standard InChI is InChI=1S/C43H35N5O/c1-27-19-31(44-6)20-28(2)42(27)29-21-32(47-26-46-37-12-8-10-14-39(37)47)24-34(22-29)49-33-15-16-36-35-11-7-9-13-38(35)48(40(36)25-33)41-23-30(17-18-45-41)43(3,4)5/h7-26H,1-5H3. The maximum Gasteiger partial charge on any atom is 0.187 e. The van der Waals surface area contributed by atoms with Gasteiger partial charge in [0.1, 0.15) is 23.6 Å². The van der Waals surface area contributed by atoms with Crippen LogP contribution in [0, 0.1) is 20.4 Å². The molecule has 0 bridgehead atoms. The van der Waals surface area contributed by atoms with E-state index >= 15 is 0 Å². The number of hydrogen-bond donors (Lipinski definition) is 0. The average Bonchev–Trinajstić information content (AvgIpc) is 3.67.